The molecule has 2 saturated heterocycles. The number of pyridine rings is 2. The second-order valence-electron chi connectivity index (χ2n) is 15.8. The number of aryl methyl sites for hydroxylation is 1. The highest BCUT2D eigenvalue weighted by Gasteiger charge is 2.44. The largest absolute Gasteiger partial charge is 0.375 e. The Morgan fingerprint density at radius 2 is 1.67 bits per heavy atom. The Kier molecular flexibility index (Phi) is 10.8. The molecule has 1 aromatic carbocycles. The van der Waals surface area contributed by atoms with Crippen LogP contribution in [0.4, 0.5) is 23.1 Å². The van der Waals surface area contributed by atoms with Crippen LogP contribution in [0.25, 0.3) is 11.0 Å². The number of benzene rings is 1. The van der Waals surface area contributed by atoms with Crippen molar-refractivity contribution in [2.45, 2.75) is 77.3 Å². The number of unbranched alkanes of at least 4 members (excludes halogenated alkanes) is 1. The molecule has 3 aliphatic heterocycles. The molecule has 4 amide bonds. The molecule has 0 bridgehead atoms. The van der Waals surface area contributed by atoms with Crippen LogP contribution in [0, 0.1) is 6.92 Å². The third-order valence-electron chi connectivity index (χ3n) is 12.1. The standard InChI is InChI=1S/C42H48N10O6/c1-25-32-24-44-42(47-37(32)51(27-8-4-5-9-27)41(58)36(25)26(2)53)45-34-14-11-29(23-43-34)50-20-18-49(19-21-50)17-7-6-16-48(3)28-10-12-30-31(22-28)40(57)52(39(30)56)33-13-15-35(54)46-38(33)55/h10-12,14,22-24,27,33H,4-9,13,15-21H2,1-3H3,(H,46,54,55)(H,43,44,45,47). The summed E-state index contributed by atoms with van der Waals surface area (Å²) in [5.74, 6) is -1.34. The molecule has 2 N–H and O–H groups in total. The van der Waals surface area contributed by atoms with Gasteiger partial charge < -0.3 is 15.1 Å². The number of rotatable bonds is 12. The van der Waals surface area contributed by atoms with Crippen LogP contribution in [0.5, 0.6) is 0 Å². The topological polar surface area (TPSA) is 183 Å². The van der Waals surface area contributed by atoms with Crippen molar-refractivity contribution in [2.75, 3.05) is 61.4 Å². The summed E-state index contributed by atoms with van der Waals surface area (Å²) in [4.78, 5) is 98.1. The molecule has 0 spiro atoms. The van der Waals surface area contributed by atoms with E-state index in [0.29, 0.717) is 28.4 Å². The van der Waals surface area contributed by atoms with Crippen LogP contribution in [-0.4, -0.2) is 111 Å². The summed E-state index contributed by atoms with van der Waals surface area (Å²) in [7, 11) is 1.96. The molecule has 1 atom stereocenters. The van der Waals surface area contributed by atoms with Crippen molar-refractivity contribution in [2.24, 2.45) is 0 Å². The molecule has 1 aliphatic carbocycles. The molecule has 4 aliphatic rings. The second-order valence-corrected chi connectivity index (χ2v) is 15.8. The van der Waals surface area contributed by atoms with E-state index in [2.05, 4.69) is 35.3 Å². The molecule has 302 valence electrons. The van der Waals surface area contributed by atoms with Gasteiger partial charge in [0.15, 0.2) is 5.78 Å². The number of nitrogens with zero attached hydrogens (tertiary/aromatic N) is 8. The molecule has 6 heterocycles. The molecule has 3 fully saturated rings. The molecule has 16 nitrogen and oxygen atoms in total. The van der Waals surface area contributed by atoms with Gasteiger partial charge in [-0.25, -0.2) is 9.97 Å². The number of carbonyl (C=O) groups excluding carboxylic acids is 5. The maximum Gasteiger partial charge on any atom is 0.263 e. The van der Waals surface area contributed by atoms with E-state index >= 15 is 0 Å². The fourth-order valence-corrected chi connectivity index (χ4v) is 8.81. The minimum atomic E-state index is -0.980. The Morgan fingerprint density at radius 3 is 2.38 bits per heavy atom. The Balaban J connectivity index is 0.814. The lowest BCUT2D eigenvalue weighted by molar-refractivity contribution is -0.136. The first kappa shape index (κ1) is 38.8. The number of fused-ring (bicyclic) bond motifs is 2. The van der Waals surface area contributed by atoms with Crippen LogP contribution in [0.2, 0.25) is 0 Å². The van der Waals surface area contributed by atoms with Gasteiger partial charge in [0.1, 0.15) is 17.5 Å². The Labute approximate surface area is 335 Å². The third-order valence-corrected chi connectivity index (χ3v) is 12.1. The first-order valence-electron chi connectivity index (χ1n) is 20.2. The molecule has 16 heteroatoms. The Bertz CT molecular complexity index is 2360. The van der Waals surface area contributed by atoms with Gasteiger partial charge in [0.05, 0.1) is 28.6 Å². The van der Waals surface area contributed by atoms with Gasteiger partial charge in [0, 0.05) is 69.5 Å². The number of nitrogens with one attached hydrogen (secondary N) is 2. The van der Waals surface area contributed by atoms with Gasteiger partial charge in [-0.1, -0.05) is 12.8 Å². The molecular weight excluding hydrogens is 741 g/mol. The van der Waals surface area contributed by atoms with E-state index in [4.69, 9.17) is 4.98 Å². The molecule has 0 radical (unpaired) electrons. The zero-order chi connectivity index (χ0) is 40.7. The summed E-state index contributed by atoms with van der Waals surface area (Å²) in [6.45, 7) is 8.57. The summed E-state index contributed by atoms with van der Waals surface area (Å²) in [6, 6.07) is 8.16. The molecular formula is C42H48N10O6. The van der Waals surface area contributed by atoms with Crippen LogP contribution < -0.4 is 26.0 Å². The minimum Gasteiger partial charge on any atom is -0.375 e. The first-order chi connectivity index (χ1) is 28.0. The highest BCUT2D eigenvalue weighted by molar-refractivity contribution is 6.23. The average molecular weight is 789 g/mol. The number of aromatic nitrogens is 4. The number of carbonyl (C=O) groups is 5. The number of Topliss-reactive ketones (excluding diaryl/α,β-unsaturated/α-hetero) is 1. The Morgan fingerprint density at radius 1 is 0.914 bits per heavy atom. The average Bonchev–Trinajstić information content (AvgIpc) is 3.83. The van der Waals surface area contributed by atoms with Crippen LogP contribution in [0.15, 0.2) is 47.5 Å². The lowest BCUT2D eigenvalue weighted by Gasteiger charge is -2.36. The lowest BCUT2D eigenvalue weighted by Crippen LogP contribution is -2.54. The number of piperazine rings is 1. The third kappa shape index (κ3) is 7.43. The molecule has 3 aromatic heterocycles. The summed E-state index contributed by atoms with van der Waals surface area (Å²) in [5.41, 5.74) is 3.49. The highest BCUT2D eigenvalue weighted by atomic mass is 16.2. The number of imide groups is 2. The number of amides is 4. The van der Waals surface area contributed by atoms with Gasteiger partial charge in [-0.3, -0.25) is 48.5 Å². The zero-order valence-electron chi connectivity index (χ0n) is 33.1. The van der Waals surface area contributed by atoms with Gasteiger partial charge in [-0.05, 0) is 88.4 Å². The number of anilines is 4. The first-order valence-corrected chi connectivity index (χ1v) is 20.2. The van der Waals surface area contributed by atoms with Gasteiger partial charge in [-0.2, -0.15) is 4.98 Å². The summed E-state index contributed by atoms with van der Waals surface area (Å²) < 4.78 is 1.71. The van der Waals surface area contributed by atoms with E-state index in [9.17, 15) is 28.8 Å². The number of ketones is 1. The van der Waals surface area contributed by atoms with Crippen LogP contribution >= 0.6 is 0 Å². The quantitative estimate of drug-likeness (QED) is 0.120. The fraction of sp³-hybridized carbons (Fsp3) is 0.452. The maximum atomic E-state index is 13.6. The fourth-order valence-electron chi connectivity index (χ4n) is 8.81. The van der Waals surface area contributed by atoms with E-state index in [0.717, 1.165) is 94.1 Å². The van der Waals surface area contributed by atoms with Crippen molar-refractivity contribution in [1.29, 1.82) is 0 Å². The molecule has 1 saturated carbocycles. The van der Waals surface area contributed by atoms with E-state index in [1.165, 1.54) is 6.92 Å². The molecule has 58 heavy (non-hydrogen) atoms. The van der Waals surface area contributed by atoms with Crippen molar-refractivity contribution < 1.29 is 24.0 Å². The summed E-state index contributed by atoms with van der Waals surface area (Å²) >= 11 is 0. The second kappa shape index (κ2) is 16.1. The molecule has 4 aromatic rings. The molecule has 8 rings (SSSR count). The van der Waals surface area contributed by atoms with E-state index in [-0.39, 0.29) is 46.9 Å². The zero-order valence-corrected chi connectivity index (χ0v) is 33.1. The number of hydrogen-bond acceptors (Lipinski definition) is 13. The summed E-state index contributed by atoms with van der Waals surface area (Å²) in [5, 5.41) is 6.14. The van der Waals surface area contributed by atoms with Gasteiger partial charge >= 0.3 is 0 Å². The smallest absolute Gasteiger partial charge is 0.263 e. The highest BCUT2D eigenvalue weighted by Crippen LogP contribution is 2.33. The van der Waals surface area contributed by atoms with Crippen molar-refractivity contribution in [3.05, 3.63) is 75.3 Å². The van der Waals surface area contributed by atoms with Gasteiger partial charge in [0.2, 0.25) is 17.8 Å². The van der Waals surface area contributed by atoms with Crippen molar-refractivity contribution in [3.63, 3.8) is 0 Å². The Hall–Kier alpha value is -6.03. The minimum absolute atomic E-state index is 0.00483. The summed E-state index contributed by atoms with van der Waals surface area (Å²) in [6.07, 6.45) is 9.52. The van der Waals surface area contributed by atoms with Gasteiger partial charge in [0.25, 0.3) is 17.4 Å². The van der Waals surface area contributed by atoms with E-state index in [1.807, 2.05) is 31.4 Å². The van der Waals surface area contributed by atoms with Crippen LogP contribution in [-0.2, 0) is 9.59 Å². The SMILES string of the molecule is CC(=O)c1c(C)c2cnc(Nc3ccc(N4CCN(CCCCN(C)c5ccc6c(c5)C(=O)N(C5CCC(=O)NC5=O)C6=O)CC4)cn3)nc2n(C2CCCC2)c1=O. The van der Waals surface area contributed by atoms with E-state index < -0.39 is 29.7 Å². The van der Waals surface area contributed by atoms with Crippen molar-refractivity contribution in [1.82, 2.24) is 34.6 Å². The predicted octanol–water partition coefficient (Wildman–Crippen LogP) is 4.00. The van der Waals surface area contributed by atoms with E-state index in [1.54, 1.807) is 29.8 Å². The maximum absolute atomic E-state index is 13.6. The monoisotopic (exact) mass is 788 g/mol. The number of piperidine rings is 1. The molecule has 1 unspecified atom stereocenters. The predicted molar refractivity (Wildman–Crippen MR) is 218 cm³/mol. The normalized spacial score (nSPS) is 18.9. The van der Waals surface area contributed by atoms with Gasteiger partial charge in [-0.15, -0.1) is 0 Å². The van der Waals surface area contributed by atoms with Crippen LogP contribution in [0.3, 0.4) is 0 Å². The number of hydrogen-bond donors (Lipinski definition) is 2. The van der Waals surface area contributed by atoms with Crippen molar-refractivity contribution in [3.8, 4) is 0 Å². The van der Waals surface area contributed by atoms with Crippen molar-refractivity contribution >= 4 is 63.6 Å². The van der Waals surface area contributed by atoms with Crippen LogP contribution in [0.1, 0.15) is 101 Å². The lowest BCUT2D eigenvalue weighted by atomic mass is 10.0.